The van der Waals surface area contributed by atoms with E-state index in [4.69, 9.17) is 16.9 Å². The Morgan fingerprint density at radius 3 is 2.77 bits per heavy atom. The lowest BCUT2D eigenvalue weighted by molar-refractivity contribution is 0.0601. The van der Waals surface area contributed by atoms with Crippen molar-refractivity contribution in [2.75, 3.05) is 7.11 Å². The molecule has 1 aromatic rings. The van der Waals surface area contributed by atoms with Crippen molar-refractivity contribution < 1.29 is 9.53 Å². The topological polar surface area (TPSA) is 50.1 Å². The van der Waals surface area contributed by atoms with E-state index in [0.29, 0.717) is 11.1 Å². The van der Waals surface area contributed by atoms with E-state index in [9.17, 15) is 4.79 Å². The summed E-state index contributed by atoms with van der Waals surface area (Å²) in [4.78, 5) is 11.0. The summed E-state index contributed by atoms with van der Waals surface area (Å²) in [7, 11) is 1.29. The molecule has 13 heavy (non-hydrogen) atoms. The molecule has 0 aliphatic heterocycles. The Hall–Kier alpha value is -1.53. The highest BCUT2D eigenvalue weighted by Gasteiger charge is 2.07. The largest absolute Gasteiger partial charge is 0.465 e. The van der Waals surface area contributed by atoms with Crippen molar-refractivity contribution in [2.45, 2.75) is 0 Å². The van der Waals surface area contributed by atoms with Crippen LogP contribution in [0.15, 0.2) is 18.2 Å². The average molecular weight is 196 g/mol. The molecule has 3 nitrogen and oxygen atoms in total. The van der Waals surface area contributed by atoms with E-state index in [1.54, 1.807) is 0 Å². The molecule has 0 heterocycles. The molecule has 0 aliphatic carbocycles. The summed E-state index contributed by atoms with van der Waals surface area (Å²) in [5.41, 5.74) is 0.681. The molecular formula is C9H6ClNO2. The Kier molecular flexibility index (Phi) is 2.88. The highest BCUT2D eigenvalue weighted by molar-refractivity contribution is 6.32. The van der Waals surface area contributed by atoms with Gasteiger partial charge in [-0.2, -0.15) is 5.26 Å². The third-order valence-electron chi connectivity index (χ3n) is 1.51. The highest BCUT2D eigenvalue weighted by atomic mass is 35.5. The lowest BCUT2D eigenvalue weighted by atomic mass is 10.1. The summed E-state index contributed by atoms with van der Waals surface area (Å²) >= 11 is 5.70. The third-order valence-corrected chi connectivity index (χ3v) is 1.82. The second kappa shape index (κ2) is 3.92. The van der Waals surface area contributed by atoms with Crippen molar-refractivity contribution in [1.82, 2.24) is 0 Å². The second-order valence-electron chi connectivity index (χ2n) is 2.30. The van der Waals surface area contributed by atoms with E-state index in [2.05, 4.69) is 4.74 Å². The zero-order chi connectivity index (χ0) is 9.84. The van der Waals surface area contributed by atoms with Gasteiger partial charge >= 0.3 is 5.97 Å². The minimum atomic E-state index is -0.466. The zero-order valence-electron chi connectivity index (χ0n) is 6.87. The number of ether oxygens (including phenoxy) is 1. The van der Waals surface area contributed by atoms with Gasteiger partial charge in [-0.25, -0.2) is 4.79 Å². The first-order valence-corrected chi connectivity index (χ1v) is 3.85. The van der Waals surface area contributed by atoms with E-state index in [0.717, 1.165) is 0 Å². The number of carbonyl (C=O) groups excluding carboxylic acids is 1. The highest BCUT2D eigenvalue weighted by Crippen LogP contribution is 2.17. The summed E-state index contributed by atoms with van der Waals surface area (Å²) in [5.74, 6) is -0.466. The number of benzene rings is 1. The monoisotopic (exact) mass is 195 g/mol. The molecule has 0 saturated carbocycles. The van der Waals surface area contributed by atoms with Crippen molar-refractivity contribution in [3.8, 4) is 6.07 Å². The summed E-state index contributed by atoms with van der Waals surface area (Å²) in [5, 5.41) is 8.81. The lowest BCUT2D eigenvalue weighted by Gasteiger charge is -1.99. The van der Waals surface area contributed by atoms with Crippen molar-refractivity contribution in [3.05, 3.63) is 34.3 Å². The molecule has 0 bridgehead atoms. The van der Waals surface area contributed by atoms with Crippen LogP contribution in [0.4, 0.5) is 0 Å². The van der Waals surface area contributed by atoms with Crippen molar-refractivity contribution in [1.29, 1.82) is 5.26 Å². The van der Waals surface area contributed by atoms with Gasteiger partial charge in [0.25, 0.3) is 0 Å². The Balaban J connectivity index is 3.11. The van der Waals surface area contributed by atoms with Crippen LogP contribution in [0.25, 0.3) is 0 Å². The minimum absolute atomic E-state index is 0.255. The van der Waals surface area contributed by atoms with Gasteiger partial charge in [0.1, 0.15) is 6.07 Å². The normalized spacial score (nSPS) is 9.00. The summed E-state index contributed by atoms with van der Waals surface area (Å²) in [6.07, 6.45) is 0. The van der Waals surface area contributed by atoms with Crippen LogP contribution < -0.4 is 0 Å². The van der Waals surface area contributed by atoms with Gasteiger partial charge in [0.05, 0.1) is 23.3 Å². The van der Waals surface area contributed by atoms with E-state index in [-0.39, 0.29) is 5.02 Å². The third kappa shape index (κ3) is 1.98. The van der Waals surface area contributed by atoms with Crippen LogP contribution in [-0.4, -0.2) is 13.1 Å². The molecule has 66 valence electrons. The van der Waals surface area contributed by atoms with Crippen molar-refractivity contribution in [3.63, 3.8) is 0 Å². The summed E-state index contributed by atoms with van der Waals surface area (Å²) < 4.78 is 4.48. The molecule has 0 aromatic heterocycles. The van der Waals surface area contributed by atoms with Crippen LogP contribution >= 0.6 is 11.6 Å². The molecule has 0 spiro atoms. The van der Waals surface area contributed by atoms with Gasteiger partial charge in [-0.3, -0.25) is 0 Å². The molecule has 1 rings (SSSR count). The molecule has 0 saturated heterocycles. The molecule has 0 atom stereocenters. The fourth-order valence-electron chi connectivity index (χ4n) is 0.851. The van der Waals surface area contributed by atoms with Gasteiger partial charge in [0.2, 0.25) is 0 Å². The van der Waals surface area contributed by atoms with Crippen LogP contribution in [0, 0.1) is 11.3 Å². The number of hydrogen-bond donors (Lipinski definition) is 0. The fourth-order valence-corrected chi connectivity index (χ4v) is 1.07. The SMILES string of the molecule is COC(=O)c1ccc(C#N)c(Cl)c1. The number of carbonyl (C=O) groups is 1. The first-order valence-electron chi connectivity index (χ1n) is 3.47. The minimum Gasteiger partial charge on any atom is -0.465 e. The van der Waals surface area contributed by atoms with Crippen molar-refractivity contribution in [2.24, 2.45) is 0 Å². The molecule has 0 amide bonds. The number of methoxy groups -OCH3 is 1. The number of hydrogen-bond acceptors (Lipinski definition) is 3. The zero-order valence-corrected chi connectivity index (χ0v) is 7.63. The first-order chi connectivity index (χ1) is 6.19. The van der Waals surface area contributed by atoms with E-state index in [1.807, 2.05) is 6.07 Å². The van der Waals surface area contributed by atoms with Crippen LogP contribution in [0.5, 0.6) is 0 Å². The van der Waals surface area contributed by atoms with Crippen LogP contribution in [0.3, 0.4) is 0 Å². The Morgan fingerprint density at radius 2 is 2.31 bits per heavy atom. The van der Waals surface area contributed by atoms with E-state index < -0.39 is 5.97 Å². The number of nitrogens with zero attached hydrogens (tertiary/aromatic N) is 1. The number of halogens is 1. The van der Waals surface area contributed by atoms with Crippen LogP contribution in [0.2, 0.25) is 5.02 Å². The van der Waals surface area contributed by atoms with Crippen LogP contribution in [-0.2, 0) is 4.74 Å². The summed E-state index contributed by atoms with van der Waals surface area (Å²) in [6.45, 7) is 0. The Labute approximate surface area is 80.5 Å². The maximum atomic E-state index is 11.0. The van der Waals surface area contributed by atoms with E-state index in [1.165, 1.54) is 25.3 Å². The van der Waals surface area contributed by atoms with Gasteiger partial charge in [-0.1, -0.05) is 11.6 Å². The quantitative estimate of drug-likeness (QED) is 0.644. The lowest BCUT2D eigenvalue weighted by Crippen LogP contribution is -2.00. The molecule has 0 N–H and O–H groups in total. The van der Waals surface area contributed by atoms with Gasteiger partial charge in [-0.15, -0.1) is 0 Å². The van der Waals surface area contributed by atoms with Gasteiger partial charge in [0, 0.05) is 0 Å². The van der Waals surface area contributed by atoms with Crippen molar-refractivity contribution >= 4 is 17.6 Å². The fraction of sp³-hybridized carbons (Fsp3) is 0.111. The van der Waals surface area contributed by atoms with Gasteiger partial charge in [0.15, 0.2) is 0 Å². The first kappa shape index (κ1) is 9.56. The predicted molar refractivity (Wildman–Crippen MR) is 47.5 cm³/mol. The molecule has 0 unspecified atom stereocenters. The molecule has 4 heteroatoms. The number of nitriles is 1. The van der Waals surface area contributed by atoms with Gasteiger partial charge in [-0.05, 0) is 18.2 Å². The predicted octanol–water partition coefficient (Wildman–Crippen LogP) is 2.00. The maximum absolute atomic E-state index is 11.0. The average Bonchev–Trinajstić information content (AvgIpc) is 2.16. The molecular weight excluding hydrogens is 190 g/mol. The molecule has 0 fully saturated rings. The summed E-state index contributed by atoms with van der Waals surface area (Å²) in [6, 6.07) is 6.28. The number of esters is 1. The Bertz CT molecular complexity index is 382. The number of rotatable bonds is 1. The molecule has 0 aliphatic rings. The standard InChI is InChI=1S/C9H6ClNO2/c1-13-9(12)6-2-3-7(5-11)8(10)4-6/h2-4H,1H3. The smallest absolute Gasteiger partial charge is 0.337 e. The van der Waals surface area contributed by atoms with Crippen LogP contribution in [0.1, 0.15) is 15.9 Å². The Morgan fingerprint density at radius 1 is 1.62 bits per heavy atom. The van der Waals surface area contributed by atoms with Gasteiger partial charge < -0.3 is 4.74 Å². The molecule has 1 aromatic carbocycles. The maximum Gasteiger partial charge on any atom is 0.337 e. The van der Waals surface area contributed by atoms with E-state index >= 15 is 0 Å². The molecule has 0 radical (unpaired) electrons. The second-order valence-corrected chi connectivity index (χ2v) is 2.71.